The zero-order valence-corrected chi connectivity index (χ0v) is 27.7. The van der Waals surface area contributed by atoms with Crippen LogP contribution in [-0.4, -0.2) is 78.7 Å². The van der Waals surface area contributed by atoms with Gasteiger partial charge in [-0.2, -0.15) is 0 Å². The number of nitrogens with zero attached hydrogens (tertiary/aromatic N) is 5. The van der Waals surface area contributed by atoms with Crippen LogP contribution >= 0.6 is 11.3 Å². The highest BCUT2D eigenvalue weighted by atomic mass is 32.1. The van der Waals surface area contributed by atoms with E-state index in [-0.39, 0.29) is 23.6 Å². The highest BCUT2D eigenvalue weighted by Gasteiger charge is 2.28. The third-order valence-electron chi connectivity index (χ3n) is 7.54. The van der Waals surface area contributed by atoms with Crippen molar-refractivity contribution in [1.29, 1.82) is 0 Å². The van der Waals surface area contributed by atoms with E-state index in [0.717, 1.165) is 29.4 Å². The summed E-state index contributed by atoms with van der Waals surface area (Å²) in [6.07, 6.45) is 1.78. The quantitative estimate of drug-likeness (QED) is 0.207. The largest absolute Gasteiger partial charge is 0.389 e. The van der Waals surface area contributed by atoms with Crippen LogP contribution in [0, 0.1) is 6.92 Å². The minimum Gasteiger partial charge on any atom is -0.389 e. The van der Waals surface area contributed by atoms with Crippen LogP contribution in [0.2, 0.25) is 0 Å². The van der Waals surface area contributed by atoms with Crippen LogP contribution in [0.5, 0.6) is 0 Å². The second kappa shape index (κ2) is 14.8. The van der Waals surface area contributed by atoms with Crippen molar-refractivity contribution in [2.75, 3.05) is 44.5 Å². The molecule has 0 unspecified atom stereocenters. The molecule has 244 valence electrons. The Morgan fingerprint density at radius 2 is 1.70 bits per heavy atom. The maximum Gasteiger partial charge on any atom is 0.272 e. The fourth-order valence-corrected chi connectivity index (χ4v) is 5.71. The van der Waals surface area contributed by atoms with E-state index in [1.54, 1.807) is 42.1 Å². The number of carbonyl (C=O) groups is 2. The van der Waals surface area contributed by atoms with Gasteiger partial charge in [-0.1, -0.05) is 30.3 Å². The highest BCUT2D eigenvalue weighted by Crippen LogP contribution is 2.29. The number of carbonyl (C=O) groups excluding carboxylic acids is 2. The first-order chi connectivity index (χ1) is 21.7. The van der Waals surface area contributed by atoms with E-state index >= 15 is 0 Å². The van der Waals surface area contributed by atoms with Crippen molar-refractivity contribution in [3.63, 3.8) is 0 Å². The molecule has 0 saturated carbocycles. The number of halogens is 2. The molecule has 2 N–H and O–H groups in total. The normalized spacial score (nSPS) is 12.7. The zero-order chi connectivity index (χ0) is 33.6. The smallest absolute Gasteiger partial charge is 0.272 e. The maximum atomic E-state index is 14.0. The topological polar surface area (TPSA) is 102 Å². The first-order valence-corrected chi connectivity index (χ1v) is 15.7. The zero-order valence-electron chi connectivity index (χ0n) is 26.9. The molecular formula is C34H40F2N6O3S. The minimum atomic E-state index is -3.07. The molecule has 4 rings (SSSR count). The third kappa shape index (κ3) is 9.07. The van der Waals surface area contributed by atoms with Crippen molar-refractivity contribution in [3.8, 4) is 0 Å². The minimum absolute atomic E-state index is 0.0285. The predicted molar refractivity (Wildman–Crippen MR) is 178 cm³/mol. The van der Waals surface area contributed by atoms with E-state index in [9.17, 15) is 23.5 Å². The number of aromatic nitrogens is 2. The molecule has 0 saturated heterocycles. The summed E-state index contributed by atoms with van der Waals surface area (Å²) in [5, 5.41) is 17.1. The van der Waals surface area contributed by atoms with Crippen LogP contribution in [0.25, 0.3) is 0 Å². The van der Waals surface area contributed by atoms with E-state index in [0.29, 0.717) is 29.9 Å². The Labute approximate surface area is 272 Å². The maximum absolute atomic E-state index is 14.0. The number of rotatable bonds is 13. The van der Waals surface area contributed by atoms with Crippen molar-refractivity contribution in [3.05, 3.63) is 105 Å². The fraction of sp³-hybridized carbons (Fsp3) is 0.353. The standard InChI is InChI=1S/C34H40F2N6O3S/c1-22-21-46-31(38-22)20-42(6)33(45)25-13-24(14-27(15-25)40(3)4)32(44)39-29(12-23-10-8-7-9-11-23)30(43)19-41(5)28-16-26(17-37-18-28)34(2,35)36/h7-11,13-18,21,29-30,43H,12,19-20H2,1-6H3,(H,39,44)/t29-,30+/m0/s1. The summed E-state index contributed by atoms with van der Waals surface area (Å²) < 4.78 is 27.9. The van der Waals surface area contributed by atoms with E-state index in [4.69, 9.17) is 0 Å². The monoisotopic (exact) mass is 650 g/mol. The number of aliphatic hydroxyl groups is 1. The van der Waals surface area contributed by atoms with E-state index in [1.807, 2.05) is 61.6 Å². The molecule has 46 heavy (non-hydrogen) atoms. The van der Waals surface area contributed by atoms with Crippen molar-refractivity contribution in [2.24, 2.45) is 0 Å². The summed E-state index contributed by atoms with van der Waals surface area (Å²) in [5.74, 6) is -3.79. The van der Waals surface area contributed by atoms with E-state index in [1.165, 1.54) is 23.6 Å². The first kappa shape index (κ1) is 34.5. The number of aryl methyl sites for hydroxylation is 1. The Bertz CT molecular complexity index is 1640. The Balaban J connectivity index is 1.58. The van der Waals surface area contributed by atoms with Gasteiger partial charge in [-0.3, -0.25) is 14.6 Å². The molecule has 2 aromatic carbocycles. The molecule has 2 heterocycles. The summed E-state index contributed by atoms with van der Waals surface area (Å²) in [7, 11) is 7.00. The molecule has 0 radical (unpaired) electrons. The van der Waals surface area contributed by atoms with Gasteiger partial charge in [0.05, 0.1) is 30.6 Å². The number of pyridine rings is 1. The van der Waals surface area contributed by atoms with Gasteiger partial charge >= 0.3 is 0 Å². The average molecular weight is 651 g/mol. The molecule has 2 amide bonds. The van der Waals surface area contributed by atoms with Gasteiger partial charge < -0.3 is 25.1 Å². The fourth-order valence-electron chi connectivity index (χ4n) is 4.89. The highest BCUT2D eigenvalue weighted by molar-refractivity contribution is 7.09. The third-order valence-corrected chi connectivity index (χ3v) is 8.49. The van der Waals surface area contributed by atoms with Gasteiger partial charge in [-0.05, 0) is 43.2 Å². The van der Waals surface area contributed by atoms with Crippen LogP contribution in [-0.2, 0) is 18.9 Å². The number of nitrogens with one attached hydrogen (secondary N) is 1. The number of anilines is 2. The molecule has 9 nitrogen and oxygen atoms in total. The number of likely N-dealkylation sites (N-methyl/N-ethyl adjacent to an activating group) is 1. The van der Waals surface area contributed by atoms with Gasteiger partial charge in [0.25, 0.3) is 17.7 Å². The number of alkyl halides is 2. The Kier molecular flexibility index (Phi) is 11.1. The van der Waals surface area contributed by atoms with Crippen LogP contribution in [0.4, 0.5) is 20.2 Å². The van der Waals surface area contributed by atoms with Gasteiger partial charge in [0.15, 0.2) is 0 Å². The number of amides is 2. The summed E-state index contributed by atoms with van der Waals surface area (Å²) in [4.78, 5) is 40.7. The molecule has 0 aliphatic carbocycles. The lowest BCUT2D eigenvalue weighted by Crippen LogP contribution is -2.49. The van der Waals surface area contributed by atoms with Gasteiger partial charge in [-0.25, -0.2) is 13.8 Å². The number of thiazole rings is 1. The summed E-state index contributed by atoms with van der Waals surface area (Å²) >= 11 is 1.48. The summed E-state index contributed by atoms with van der Waals surface area (Å²) in [6, 6.07) is 15.0. The molecule has 0 aliphatic rings. The lowest BCUT2D eigenvalue weighted by atomic mass is 9.99. The van der Waals surface area contributed by atoms with Crippen molar-refractivity contribution < 1.29 is 23.5 Å². The van der Waals surface area contributed by atoms with Crippen LogP contribution in [0.1, 0.15) is 49.5 Å². The molecule has 2 atom stereocenters. The lowest BCUT2D eigenvalue weighted by Gasteiger charge is -2.29. The molecule has 2 aromatic heterocycles. The molecule has 0 bridgehead atoms. The second-order valence-electron chi connectivity index (χ2n) is 11.7. The van der Waals surface area contributed by atoms with E-state index < -0.39 is 24.0 Å². The number of hydrogen-bond acceptors (Lipinski definition) is 8. The average Bonchev–Trinajstić information content (AvgIpc) is 3.44. The molecular weight excluding hydrogens is 610 g/mol. The van der Waals surface area contributed by atoms with Gasteiger partial charge in [0, 0.05) is 81.3 Å². The Hall–Kier alpha value is -4.42. The Morgan fingerprint density at radius 3 is 2.33 bits per heavy atom. The van der Waals surface area contributed by atoms with Crippen LogP contribution in [0.15, 0.2) is 72.4 Å². The second-order valence-corrected chi connectivity index (χ2v) is 12.7. The number of hydrogen-bond donors (Lipinski definition) is 2. The molecule has 0 aliphatic heterocycles. The Morgan fingerprint density at radius 1 is 1.00 bits per heavy atom. The van der Waals surface area contributed by atoms with Crippen molar-refractivity contribution >= 4 is 34.5 Å². The van der Waals surface area contributed by atoms with Gasteiger partial charge in [-0.15, -0.1) is 11.3 Å². The lowest BCUT2D eigenvalue weighted by molar-refractivity contribution is 0.0171. The predicted octanol–water partition coefficient (Wildman–Crippen LogP) is 5.13. The van der Waals surface area contributed by atoms with Gasteiger partial charge in [0.1, 0.15) is 5.01 Å². The first-order valence-electron chi connectivity index (χ1n) is 14.8. The molecule has 0 spiro atoms. The van der Waals surface area contributed by atoms with Gasteiger partial charge in [0.2, 0.25) is 0 Å². The summed E-state index contributed by atoms with van der Waals surface area (Å²) in [5.41, 5.74) is 3.21. The van der Waals surface area contributed by atoms with Crippen LogP contribution < -0.4 is 15.1 Å². The molecule has 0 fully saturated rings. The van der Waals surface area contributed by atoms with Crippen molar-refractivity contribution in [2.45, 2.75) is 44.9 Å². The van der Waals surface area contributed by atoms with E-state index in [2.05, 4.69) is 15.3 Å². The van der Waals surface area contributed by atoms with Crippen molar-refractivity contribution in [1.82, 2.24) is 20.2 Å². The summed E-state index contributed by atoms with van der Waals surface area (Å²) in [6.45, 7) is 3.06. The molecule has 4 aromatic rings. The molecule has 12 heteroatoms. The van der Waals surface area contributed by atoms with Crippen LogP contribution in [0.3, 0.4) is 0 Å². The number of aliphatic hydroxyl groups excluding tert-OH is 1. The number of benzene rings is 2. The SMILES string of the molecule is Cc1csc(CN(C)C(=O)c2cc(C(=O)N[C@@H](Cc3ccccc3)[C@H](O)CN(C)c3cncc(C(C)(F)F)c3)cc(N(C)C)c2)n1.